The van der Waals surface area contributed by atoms with Gasteiger partial charge in [0.25, 0.3) is 10.1 Å². The Morgan fingerprint density at radius 1 is 1.32 bits per heavy atom. The van der Waals surface area contributed by atoms with Gasteiger partial charge < -0.3 is 0 Å². The number of nitrogens with zero attached hydrogens (tertiary/aromatic N) is 2. The summed E-state index contributed by atoms with van der Waals surface area (Å²) < 4.78 is 45.8. The summed E-state index contributed by atoms with van der Waals surface area (Å²) in [6.07, 6.45) is 6.05. The zero-order chi connectivity index (χ0) is 18.0. The monoisotopic (exact) mass is 364 g/mol. The maximum Gasteiger partial charge on any atom is 0.287 e. The van der Waals surface area contributed by atoms with Crippen LogP contribution in [0.1, 0.15) is 47.7 Å². The quantitative estimate of drug-likeness (QED) is 0.666. The van der Waals surface area contributed by atoms with E-state index in [0.29, 0.717) is 5.69 Å². The van der Waals surface area contributed by atoms with Gasteiger partial charge in [-0.15, -0.1) is 0 Å². The van der Waals surface area contributed by atoms with Gasteiger partial charge in [-0.25, -0.2) is 4.39 Å². The number of benzene rings is 1. The smallest absolute Gasteiger partial charge is 0.282 e. The lowest BCUT2D eigenvalue weighted by molar-refractivity contribution is 0.494. The largest absolute Gasteiger partial charge is 0.287 e. The van der Waals surface area contributed by atoms with Crippen molar-refractivity contribution in [2.24, 2.45) is 7.05 Å². The molecule has 1 aromatic carbocycles. The van der Waals surface area contributed by atoms with Crippen LogP contribution in [-0.4, -0.2) is 22.8 Å². The molecule has 0 aliphatic heterocycles. The van der Waals surface area contributed by atoms with Crippen LogP contribution in [0.4, 0.5) is 4.39 Å². The SMILES string of the molecule is Cn1nc(C=CS(=O)(=O)O)c2c1C(Cc1ccc(F)cc1)CCCC2. The van der Waals surface area contributed by atoms with Crippen molar-refractivity contribution in [1.29, 1.82) is 0 Å². The molecular formula is C18H21FN2O3S. The second-order valence-corrected chi connectivity index (χ2v) is 7.77. The molecule has 1 heterocycles. The molecule has 0 saturated heterocycles. The second kappa shape index (κ2) is 7.09. The normalized spacial score (nSPS) is 18.3. The van der Waals surface area contributed by atoms with Crippen molar-refractivity contribution in [2.75, 3.05) is 0 Å². The summed E-state index contributed by atoms with van der Waals surface area (Å²) in [6.45, 7) is 0. The van der Waals surface area contributed by atoms with E-state index in [0.717, 1.165) is 54.3 Å². The van der Waals surface area contributed by atoms with E-state index in [1.165, 1.54) is 18.2 Å². The van der Waals surface area contributed by atoms with Crippen LogP contribution in [0, 0.1) is 5.82 Å². The van der Waals surface area contributed by atoms with Crippen molar-refractivity contribution in [3.63, 3.8) is 0 Å². The molecule has 0 bridgehead atoms. The van der Waals surface area contributed by atoms with Crippen LogP contribution in [0.25, 0.3) is 6.08 Å². The lowest BCUT2D eigenvalue weighted by Crippen LogP contribution is -2.09. The first-order valence-corrected chi connectivity index (χ1v) is 9.79. The minimum Gasteiger partial charge on any atom is -0.282 e. The maximum absolute atomic E-state index is 13.1. The Labute approximate surface area is 146 Å². The molecule has 0 amide bonds. The van der Waals surface area contributed by atoms with Crippen LogP contribution >= 0.6 is 0 Å². The Kier molecular flexibility index (Phi) is 5.06. The summed E-state index contributed by atoms with van der Waals surface area (Å²) in [5.41, 5.74) is 3.78. The molecule has 1 aliphatic rings. The van der Waals surface area contributed by atoms with Crippen LogP contribution in [0.15, 0.2) is 29.7 Å². The second-order valence-electron chi connectivity index (χ2n) is 6.46. The van der Waals surface area contributed by atoms with Crippen molar-refractivity contribution < 1.29 is 17.4 Å². The molecule has 0 spiro atoms. The van der Waals surface area contributed by atoms with Crippen LogP contribution < -0.4 is 0 Å². The van der Waals surface area contributed by atoms with E-state index in [4.69, 9.17) is 4.55 Å². The van der Waals surface area contributed by atoms with Crippen LogP contribution in [0.5, 0.6) is 0 Å². The molecule has 0 fully saturated rings. The molecule has 5 nitrogen and oxygen atoms in total. The summed E-state index contributed by atoms with van der Waals surface area (Å²) in [7, 11) is -2.33. The fraction of sp³-hybridized carbons (Fsp3) is 0.389. The number of hydrogen-bond acceptors (Lipinski definition) is 3. The summed E-state index contributed by atoms with van der Waals surface area (Å²) in [5.74, 6) is -0.00294. The highest BCUT2D eigenvalue weighted by atomic mass is 32.2. The molecule has 7 heteroatoms. The molecule has 1 unspecified atom stereocenters. The molecule has 134 valence electrons. The van der Waals surface area contributed by atoms with Gasteiger partial charge in [0.15, 0.2) is 0 Å². The summed E-state index contributed by atoms with van der Waals surface area (Å²) in [4.78, 5) is 0. The number of fused-ring (bicyclic) bond motifs is 1. The third-order valence-electron chi connectivity index (χ3n) is 4.63. The Balaban J connectivity index is 1.95. The molecule has 1 aliphatic carbocycles. The van der Waals surface area contributed by atoms with Gasteiger partial charge >= 0.3 is 0 Å². The van der Waals surface area contributed by atoms with E-state index >= 15 is 0 Å². The molecule has 0 radical (unpaired) electrons. The van der Waals surface area contributed by atoms with Crippen LogP contribution in [0.3, 0.4) is 0 Å². The Morgan fingerprint density at radius 2 is 2.04 bits per heavy atom. The summed E-state index contributed by atoms with van der Waals surface area (Å²) in [6, 6.07) is 6.54. The molecule has 1 atom stereocenters. The third kappa shape index (κ3) is 4.35. The lowest BCUT2D eigenvalue weighted by Gasteiger charge is -2.17. The molecule has 1 aromatic heterocycles. The van der Waals surface area contributed by atoms with E-state index in [-0.39, 0.29) is 11.7 Å². The zero-order valence-electron chi connectivity index (χ0n) is 14.0. The highest BCUT2D eigenvalue weighted by molar-refractivity contribution is 7.88. The number of aromatic nitrogens is 2. The maximum atomic E-state index is 13.1. The third-order valence-corrected chi connectivity index (χ3v) is 5.11. The van der Waals surface area contributed by atoms with Gasteiger partial charge in [-0.1, -0.05) is 18.6 Å². The van der Waals surface area contributed by atoms with Gasteiger partial charge in [-0.2, -0.15) is 13.5 Å². The first-order chi connectivity index (χ1) is 11.8. The van der Waals surface area contributed by atoms with Gasteiger partial charge in [0.2, 0.25) is 0 Å². The van der Waals surface area contributed by atoms with Crippen molar-refractivity contribution in [2.45, 2.75) is 38.0 Å². The van der Waals surface area contributed by atoms with Crippen LogP contribution in [-0.2, 0) is 30.0 Å². The predicted molar refractivity (Wildman–Crippen MR) is 94.2 cm³/mol. The highest BCUT2D eigenvalue weighted by Gasteiger charge is 2.25. The minimum absolute atomic E-state index is 0.244. The first kappa shape index (κ1) is 17.8. The van der Waals surface area contributed by atoms with Crippen molar-refractivity contribution >= 4 is 16.2 Å². The predicted octanol–water partition coefficient (Wildman–Crippen LogP) is 3.47. The van der Waals surface area contributed by atoms with Gasteiger partial charge in [0.1, 0.15) is 5.82 Å². The van der Waals surface area contributed by atoms with Crippen molar-refractivity contribution in [3.8, 4) is 0 Å². The minimum atomic E-state index is -4.18. The molecule has 1 N–H and O–H groups in total. The van der Waals surface area contributed by atoms with Crippen molar-refractivity contribution in [1.82, 2.24) is 9.78 Å². The van der Waals surface area contributed by atoms with E-state index in [2.05, 4.69) is 5.10 Å². The summed E-state index contributed by atoms with van der Waals surface area (Å²) in [5, 5.41) is 5.21. The van der Waals surface area contributed by atoms with Gasteiger partial charge in [-0.3, -0.25) is 9.23 Å². The number of hydrogen-bond donors (Lipinski definition) is 1. The fourth-order valence-corrected chi connectivity index (χ4v) is 3.89. The van der Waals surface area contributed by atoms with E-state index < -0.39 is 10.1 Å². The van der Waals surface area contributed by atoms with Crippen molar-refractivity contribution in [3.05, 3.63) is 58.0 Å². The molecule has 3 rings (SSSR count). The van der Waals surface area contributed by atoms with Crippen LogP contribution in [0.2, 0.25) is 0 Å². The number of halogens is 1. The molecule has 25 heavy (non-hydrogen) atoms. The zero-order valence-corrected chi connectivity index (χ0v) is 14.8. The summed E-state index contributed by atoms with van der Waals surface area (Å²) >= 11 is 0. The fourth-order valence-electron chi connectivity index (χ4n) is 3.59. The Hall–Kier alpha value is -1.99. The highest BCUT2D eigenvalue weighted by Crippen LogP contribution is 2.35. The first-order valence-electron chi connectivity index (χ1n) is 8.29. The Bertz CT molecular complexity index is 886. The lowest BCUT2D eigenvalue weighted by atomic mass is 9.91. The molecule has 2 aromatic rings. The standard InChI is InChI=1S/C18H21FN2O3S/c1-21-18-14(12-13-6-8-15(19)9-7-13)4-2-3-5-16(18)17(20-21)10-11-25(22,23)24/h6-11,14H,2-5,12H2,1H3,(H,22,23,24). The number of rotatable bonds is 4. The number of aryl methyl sites for hydroxylation is 1. The van der Waals surface area contributed by atoms with Gasteiger partial charge in [0.05, 0.1) is 11.1 Å². The molecule has 0 saturated carbocycles. The Morgan fingerprint density at radius 3 is 2.72 bits per heavy atom. The van der Waals surface area contributed by atoms with E-state index in [9.17, 15) is 12.8 Å². The average molecular weight is 364 g/mol. The topological polar surface area (TPSA) is 72.2 Å². The van der Waals surface area contributed by atoms with Gasteiger partial charge in [-0.05, 0) is 49.5 Å². The van der Waals surface area contributed by atoms with Gasteiger partial charge in [0, 0.05) is 24.2 Å². The van der Waals surface area contributed by atoms with E-state index in [1.54, 1.807) is 16.8 Å². The average Bonchev–Trinajstić information content (AvgIpc) is 2.72. The van der Waals surface area contributed by atoms with E-state index in [1.807, 2.05) is 7.05 Å². The molecular weight excluding hydrogens is 343 g/mol.